The van der Waals surface area contributed by atoms with Crippen LogP contribution in [0.2, 0.25) is 0 Å². The average molecular weight is 798 g/mol. The molecule has 0 N–H and O–H groups in total. The van der Waals surface area contributed by atoms with Crippen molar-refractivity contribution in [3.8, 4) is 102 Å². The molecule has 0 aliphatic rings. The maximum Gasteiger partial charge on any atom is 0.164 e. The Morgan fingerprint density at radius 1 is 0.258 bits per heavy atom. The molecule has 62 heavy (non-hydrogen) atoms. The monoisotopic (exact) mass is 797 g/mol. The first-order valence-electron chi connectivity index (χ1n) is 20.6. The molecule has 7 heteroatoms. The highest BCUT2D eigenvalue weighted by molar-refractivity contribution is 5.98. The van der Waals surface area contributed by atoms with Crippen molar-refractivity contribution in [2.24, 2.45) is 0 Å². The van der Waals surface area contributed by atoms with E-state index in [0.717, 1.165) is 66.8 Å². The summed E-state index contributed by atoms with van der Waals surface area (Å²) in [4.78, 5) is 34.8. The van der Waals surface area contributed by atoms with E-state index >= 15 is 0 Å². The molecule has 0 fully saturated rings. The van der Waals surface area contributed by atoms with Crippen LogP contribution in [-0.4, -0.2) is 34.9 Å². The Morgan fingerprint density at radius 3 is 1.19 bits per heavy atom. The lowest BCUT2D eigenvalue weighted by Gasteiger charge is -2.19. The standard InChI is InChI=1S/C55H39N7/c1-36-23-27-41(28-24-36)52-57-50(39-13-5-3-6-14-39)59-54(60-52)44-18-11-17-43(35-44)45-21-12-22-47(49(45)38-31-33-56-34-32-38)46-19-9-10-20-48(46)55-61-51(40-15-7-4-8-16-40)58-53(62-55)42-29-25-37(2)26-30-42/h3-35H,1-2H3. The summed E-state index contributed by atoms with van der Waals surface area (Å²) in [6.07, 6.45) is 3.68. The Morgan fingerprint density at radius 2 is 0.645 bits per heavy atom. The number of aryl methyl sites for hydroxylation is 2. The Balaban J connectivity index is 1.14. The van der Waals surface area contributed by atoms with E-state index in [2.05, 4.69) is 140 Å². The molecule has 0 spiro atoms. The fraction of sp³-hybridized carbons (Fsp3) is 0.0364. The number of rotatable bonds is 9. The first kappa shape index (κ1) is 37.9. The summed E-state index contributed by atoms with van der Waals surface area (Å²) < 4.78 is 0. The van der Waals surface area contributed by atoms with E-state index in [1.807, 2.05) is 79.1 Å². The summed E-state index contributed by atoms with van der Waals surface area (Å²) in [5.41, 5.74) is 14.0. The second-order valence-electron chi connectivity index (χ2n) is 15.2. The van der Waals surface area contributed by atoms with Gasteiger partial charge in [0.15, 0.2) is 34.9 Å². The third-order valence-corrected chi connectivity index (χ3v) is 10.9. The Hall–Kier alpha value is -8.29. The van der Waals surface area contributed by atoms with Crippen LogP contribution >= 0.6 is 0 Å². The predicted octanol–water partition coefficient (Wildman–Crippen LogP) is 13.1. The smallest absolute Gasteiger partial charge is 0.164 e. The second-order valence-corrected chi connectivity index (χ2v) is 15.2. The molecule has 0 radical (unpaired) electrons. The topological polar surface area (TPSA) is 90.2 Å². The highest BCUT2D eigenvalue weighted by Crippen LogP contribution is 2.43. The molecular weight excluding hydrogens is 759 g/mol. The predicted molar refractivity (Wildman–Crippen MR) is 249 cm³/mol. The lowest BCUT2D eigenvalue weighted by molar-refractivity contribution is 1.07. The molecule has 294 valence electrons. The molecule has 0 aliphatic heterocycles. The molecule has 10 aromatic rings. The summed E-state index contributed by atoms with van der Waals surface area (Å²) in [5, 5.41) is 0. The van der Waals surface area contributed by atoms with Crippen LogP contribution in [0.15, 0.2) is 200 Å². The maximum absolute atomic E-state index is 5.15. The van der Waals surface area contributed by atoms with E-state index < -0.39 is 0 Å². The minimum absolute atomic E-state index is 0.589. The molecule has 0 unspecified atom stereocenters. The van der Waals surface area contributed by atoms with Gasteiger partial charge in [-0.2, -0.15) is 0 Å². The lowest BCUT2D eigenvalue weighted by atomic mass is 9.86. The van der Waals surface area contributed by atoms with Gasteiger partial charge >= 0.3 is 0 Å². The lowest BCUT2D eigenvalue weighted by Crippen LogP contribution is -2.01. The van der Waals surface area contributed by atoms with Gasteiger partial charge in [-0.1, -0.05) is 181 Å². The Kier molecular flexibility index (Phi) is 10.3. The highest BCUT2D eigenvalue weighted by atomic mass is 15.0. The Labute approximate surface area is 360 Å². The van der Waals surface area contributed by atoms with Crippen LogP contribution in [0.5, 0.6) is 0 Å². The number of pyridine rings is 1. The van der Waals surface area contributed by atoms with E-state index in [-0.39, 0.29) is 0 Å². The van der Waals surface area contributed by atoms with E-state index in [1.54, 1.807) is 0 Å². The molecule has 0 saturated carbocycles. The molecule has 0 amide bonds. The van der Waals surface area contributed by atoms with Crippen molar-refractivity contribution in [1.82, 2.24) is 34.9 Å². The van der Waals surface area contributed by atoms with Crippen LogP contribution in [0.1, 0.15) is 11.1 Å². The van der Waals surface area contributed by atoms with Crippen LogP contribution < -0.4 is 0 Å². The van der Waals surface area contributed by atoms with Gasteiger partial charge in [0, 0.05) is 45.8 Å². The van der Waals surface area contributed by atoms with Crippen molar-refractivity contribution in [3.63, 3.8) is 0 Å². The van der Waals surface area contributed by atoms with Crippen LogP contribution in [0.4, 0.5) is 0 Å². The van der Waals surface area contributed by atoms with Crippen molar-refractivity contribution >= 4 is 0 Å². The van der Waals surface area contributed by atoms with Gasteiger partial charge in [0.05, 0.1) is 0 Å². The van der Waals surface area contributed by atoms with Crippen LogP contribution in [0.25, 0.3) is 102 Å². The zero-order valence-corrected chi connectivity index (χ0v) is 34.2. The van der Waals surface area contributed by atoms with Gasteiger partial charge in [-0.05, 0) is 65.4 Å². The molecule has 7 nitrogen and oxygen atoms in total. The second kappa shape index (κ2) is 16.8. The van der Waals surface area contributed by atoms with Gasteiger partial charge in [0.2, 0.25) is 0 Å². The summed E-state index contributed by atoms with van der Waals surface area (Å²) in [6, 6.07) is 64.1. The van der Waals surface area contributed by atoms with Crippen molar-refractivity contribution < 1.29 is 0 Å². The Bertz CT molecular complexity index is 3170. The highest BCUT2D eigenvalue weighted by Gasteiger charge is 2.21. The average Bonchev–Trinajstić information content (AvgIpc) is 3.35. The summed E-state index contributed by atoms with van der Waals surface area (Å²) in [6.45, 7) is 4.16. The quantitative estimate of drug-likeness (QED) is 0.144. The minimum Gasteiger partial charge on any atom is -0.265 e. The van der Waals surface area contributed by atoms with Crippen molar-refractivity contribution in [1.29, 1.82) is 0 Å². The van der Waals surface area contributed by atoms with Crippen molar-refractivity contribution in [2.75, 3.05) is 0 Å². The van der Waals surface area contributed by atoms with Gasteiger partial charge in [-0.15, -0.1) is 0 Å². The molecular formula is C55H39N7. The maximum atomic E-state index is 5.15. The number of hydrogen-bond acceptors (Lipinski definition) is 7. The van der Waals surface area contributed by atoms with E-state index in [9.17, 15) is 0 Å². The first-order valence-corrected chi connectivity index (χ1v) is 20.6. The number of benzene rings is 7. The fourth-order valence-corrected chi connectivity index (χ4v) is 7.68. The summed E-state index contributed by atoms with van der Waals surface area (Å²) in [5.74, 6) is 3.65. The first-order chi connectivity index (χ1) is 30.5. The van der Waals surface area contributed by atoms with Crippen molar-refractivity contribution in [2.45, 2.75) is 13.8 Å². The van der Waals surface area contributed by atoms with Crippen LogP contribution in [0.3, 0.4) is 0 Å². The van der Waals surface area contributed by atoms with Gasteiger partial charge < -0.3 is 0 Å². The zero-order valence-electron chi connectivity index (χ0n) is 34.2. The van der Waals surface area contributed by atoms with Gasteiger partial charge in [-0.25, -0.2) is 29.9 Å². The molecule has 0 saturated heterocycles. The van der Waals surface area contributed by atoms with Gasteiger partial charge in [-0.3, -0.25) is 4.98 Å². The summed E-state index contributed by atoms with van der Waals surface area (Å²) >= 11 is 0. The number of nitrogens with zero attached hydrogens (tertiary/aromatic N) is 7. The molecule has 0 bridgehead atoms. The third kappa shape index (κ3) is 7.78. The normalized spacial score (nSPS) is 11.1. The fourth-order valence-electron chi connectivity index (χ4n) is 7.68. The van der Waals surface area contributed by atoms with E-state index in [1.165, 1.54) is 11.1 Å². The summed E-state index contributed by atoms with van der Waals surface area (Å²) in [7, 11) is 0. The molecule has 0 aliphatic carbocycles. The number of aromatic nitrogens is 7. The zero-order chi connectivity index (χ0) is 41.8. The van der Waals surface area contributed by atoms with Crippen LogP contribution in [-0.2, 0) is 0 Å². The largest absolute Gasteiger partial charge is 0.265 e. The molecule has 3 heterocycles. The SMILES string of the molecule is Cc1ccc(-c2nc(-c3ccccc3)nc(-c3cccc(-c4cccc(-c5ccccc5-c5nc(-c6ccccc6)nc(-c6ccc(C)cc6)n5)c4-c4ccncc4)c3)n2)cc1. The number of hydrogen-bond donors (Lipinski definition) is 0. The van der Waals surface area contributed by atoms with E-state index in [0.29, 0.717) is 34.9 Å². The van der Waals surface area contributed by atoms with Crippen molar-refractivity contribution in [3.05, 3.63) is 212 Å². The van der Waals surface area contributed by atoms with Gasteiger partial charge in [0.1, 0.15) is 0 Å². The molecule has 7 aromatic carbocycles. The minimum atomic E-state index is 0.589. The van der Waals surface area contributed by atoms with Crippen LogP contribution in [0, 0.1) is 13.8 Å². The molecule has 3 aromatic heterocycles. The van der Waals surface area contributed by atoms with E-state index in [4.69, 9.17) is 29.9 Å². The molecule has 0 atom stereocenters. The molecule has 10 rings (SSSR count). The van der Waals surface area contributed by atoms with Gasteiger partial charge in [0.25, 0.3) is 0 Å². The third-order valence-electron chi connectivity index (χ3n) is 10.9.